The number of benzene rings is 12. The molecule has 6 heteroatoms. The zero-order chi connectivity index (χ0) is 62.0. The van der Waals surface area contributed by atoms with Gasteiger partial charge in [0.1, 0.15) is 0 Å². The van der Waals surface area contributed by atoms with Crippen molar-refractivity contribution in [3.63, 3.8) is 0 Å². The van der Waals surface area contributed by atoms with Crippen LogP contribution in [0.5, 0.6) is 11.5 Å². The summed E-state index contributed by atoms with van der Waals surface area (Å²) in [6, 6.07) is 103. The Balaban J connectivity index is 1.12. The van der Waals surface area contributed by atoms with Crippen molar-refractivity contribution in [2.45, 2.75) is 78.1 Å². The summed E-state index contributed by atoms with van der Waals surface area (Å²) < 4.78 is 9.88. The molecule has 0 saturated heterocycles. The predicted molar refractivity (Wildman–Crippen MR) is 382 cm³/mol. The Kier molecular flexibility index (Phi) is 13.3. The van der Waals surface area contributed by atoms with Crippen LogP contribution < -0.4 is 24.3 Å². The summed E-state index contributed by atoms with van der Waals surface area (Å²) >= 11 is -1.37. The third kappa shape index (κ3) is 9.79. The van der Waals surface area contributed by atoms with E-state index >= 15 is 0 Å². The molecule has 21 rings (SSSR count). The van der Waals surface area contributed by atoms with E-state index in [4.69, 9.17) is 4.74 Å². The van der Waals surface area contributed by atoms with Gasteiger partial charge in [-0.1, -0.05) is 0 Å². The molecule has 0 aliphatic carbocycles. The summed E-state index contributed by atoms with van der Waals surface area (Å²) in [6.07, 6.45) is 3.65. The van der Waals surface area contributed by atoms with Gasteiger partial charge < -0.3 is 0 Å². The fourth-order valence-corrected chi connectivity index (χ4v) is 17.8. The molecule has 16 bridgehead atoms. The monoisotopic (exact) mass is 1370 g/mol. The van der Waals surface area contributed by atoms with Gasteiger partial charge >= 0.3 is 552 Å². The SMILES string of the molecule is CC(C)(C)c1cc2cc(c1)N1[C]3=[Pt]=[C]4N(c5cc(cc(C(C)(C)C)c5)O2)c2ccccc2N4c2c4cc(-c5ccccc5)cc2-c2ccc(cc2)CCc2ccc(cc2)-c2cc(-c5ccccc5)cc(c2N3c2ccccc21)-c1ccc(cc1)CCc1ccc-4cc1. The van der Waals surface area contributed by atoms with E-state index in [9.17, 15) is 0 Å². The first-order chi connectivity index (χ1) is 44.8. The maximum absolute atomic E-state index is 7.48. The number of nitrogens with zero attached hydrogens (tertiary/aromatic N) is 4. The fraction of sp³-hybridized carbons (Fsp3) is 0.140. The summed E-state index contributed by atoms with van der Waals surface area (Å²) in [5.41, 5.74) is 30.1. The molecule has 5 nitrogen and oxygen atoms in total. The molecule has 92 heavy (non-hydrogen) atoms. The van der Waals surface area contributed by atoms with Crippen LogP contribution in [-0.2, 0) is 54.2 Å². The van der Waals surface area contributed by atoms with Crippen molar-refractivity contribution in [3.8, 4) is 78.3 Å². The van der Waals surface area contributed by atoms with Crippen molar-refractivity contribution in [2.75, 3.05) is 19.6 Å². The van der Waals surface area contributed by atoms with Crippen LogP contribution in [0.4, 0.5) is 45.5 Å². The van der Waals surface area contributed by atoms with Crippen LogP contribution in [0.15, 0.2) is 267 Å². The molecule has 9 aliphatic heterocycles. The number of rotatable bonds is 2. The molecule has 0 unspecified atom stereocenters. The second kappa shape index (κ2) is 21.9. The van der Waals surface area contributed by atoms with Gasteiger partial charge in [0, 0.05) is 0 Å². The van der Waals surface area contributed by atoms with Crippen molar-refractivity contribution in [1.29, 1.82) is 0 Å². The molecule has 0 aromatic heterocycles. The van der Waals surface area contributed by atoms with Crippen LogP contribution in [0, 0.1) is 0 Å². The average Bonchev–Trinajstić information content (AvgIpc) is 1.54. The van der Waals surface area contributed by atoms with Crippen molar-refractivity contribution in [3.05, 3.63) is 300 Å². The van der Waals surface area contributed by atoms with Crippen molar-refractivity contribution in [1.82, 2.24) is 0 Å². The summed E-state index contributed by atoms with van der Waals surface area (Å²) in [4.78, 5) is 10.7. The van der Waals surface area contributed by atoms with Crippen LogP contribution in [0.3, 0.4) is 0 Å². The minimum absolute atomic E-state index is 0.225. The fourth-order valence-electron chi connectivity index (χ4n) is 14.1. The summed E-state index contributed by atoms with van der Waals surface area (Å²) in [6.45, 7) is 13.9. The Morgan fingerprint density at radius 2 is 0.576 bits per heavy atom. The normalized spacial score (nSPS) is 14.5. The molecule has 0 amide bonds. The van der Waals surface area contributed by atoms with E-state index in [1.165, 1.54) is 108 Å². The van der Waals surface area contributed by atoms with Crippen molar-refractivity contribution in [2.24, 2.45) is 0 Å². The van der Waals surface area contributed by atoms with Crippen LogP contribution in [0.2, 0.25) is 0 Å². The van der Waals surface area contributed by atoms with Gasteiger partial charge in [0.15, 0.2) is 0 Å². The van der Waals surface area contributed by atoms with E-state index < -0.39 is 17.6 Å². The van der Waals surface area contributed by atoms with Crippen molar-refractivity contribution < 1.29 is 22.4 Å². The molecule has 9 aliphatic rings. The average molecular weight is 1370 g/mol. The number of ether oxygens (including phenoxy) is 1. The van der Waals surface area contributed by atoms with Gasteiger partial charge in [-0.3, -0.25) is 0 Å². The molecule has 0 saturated carbocycles. The van der Waals surface area contributed by atoms with E-state index in [0.717, 1.165) is 82.7 Å². The second-order valence-electron chi connectivity index (χ2n) is 27.3. The zero-order valence-corrected chi connectivity index (χ0v) is 55.0. The summed E-state index contributed by atoms with van der Waals surface area (Å²) in [5, 5.41) is 0. The minimum atomic E-state index is -1.37. The van der Waals surface area contributed by atoms with Gasteiger partial charge in [-0.15, -0.1) is 0 Å². The summed E-state index contributed by atoms with van der Waals surface area (Å²) in [7, 11) is 0. The van der Waals surface area contributed by atoms with Crippen LogP contribution in [0.1, 0.15) is 74.9 Å². The van der Waals surface area contributed by atoms with Gasteiger partial charge in [-0.25, -0.2) is 0 Å². The Morgan fingerprint density at radius 1 is 0.283 bits per heavy atom. The van der Waals surface area contributed by atoms with Gasteiger partial charge in [0.2, 0.25) is 0 Å². The van der Waals surface area contributed by atoms with Crippen molar-refractivity contribution >= 4 is 53.8 Å². The van der Waals surface area contributed by atoms with Crippen LogP contribution in [0.25, 0.3) is 66.8 Å². The number of hydrogen-bond acceptors (Lipinski definition) is 5. The molecule has 0 fully saturated rings. The third-order valence-electron chi connectivity index (χ3n) is 19.2. The van der Waals surface area contributed by atoms with Crippen LogP contribution in [-0.4, -0.2) is 8.29 Å². The molecule has 0 N–H and O–H groups in total. The Morgan fingerprint density at radius 3 is 0.880 bits per heavy atom. The number of aryl methyl sites for hydroxylation is 4. The van der Waals surface area contributed by atoms with E-state index in [2.05, 4.69) is 328 Å². The first kappa shape index (κ1) is 56.1. The first-order valence-corrected chi connectivity index (χ1v) is 34.6. The molecule has 450 valence electrons. The summed E-state index contributed by atoms with van der Waals surface area (Å²) in [5.74, 6) is 1.61. The number of hydrogen-bond donors (Lipinski definition) is 0. The molecular weight excluding hydrogens is 1300 g/mol. The predicted octanol–water partition coefficient (Wildman–Crippen LogP) is 22.1. The molecule has 0 atom stereocenters. The quantitative estimate of drug-likeness (QED) is 0.172. The molecular formula is C86H70N4OPt. The standard InChI is InChI=1S/C86H70N4O.Pt/c1-85(2,3)69-49-71-53-73(51-69)91-74-52-70(86(4,5)6)50-72(54-74)88-56-90(82-24-16-14-22-80(82)88)84-77-47-68(62-19-11-8-12-20-62)48-78(84)66-43-35-60(36-44-66)28-26-58-31-39-64(40-32-58)76-46-67(61-17-9-7-10-18-61)45-75(83(76)89-55-87(71)79-21-13-15-23-81(79)89)63-37-29-57(30-38-63)25-27-59-33-41-65(77)42-34-59;/h7-24,29-54H,25-28H2,1-6H3;. The molecule has 0 radical (unpaired) electrons. The van der Waals surface area contributed by atoms with Gasteiger partial charge in [0.05, 0.1) is 0 Å². The second-order valence-corrected chi connectivity index (χ2v) is 29.9. The number of anilines is 8. The topological polar surface area (TPSA) is 22.2 Å². The third-order valence-corrected chi connectivity index (χ3v) is 22.2. The molecule has 0 spiro atoms. The Hall–Kier alpha value is -9.93. The zero-order valence-electron chi connectivity index (χ0n) is 52.7. The Bertz CT molecular complexity index is 4540. The van der Waals surface area contributed by atoms with Gasteiger partial charge in [-0.2, -0.15) is 0 Å². The van der Waals surface area contributed by atoms with Gasteiger partial charge in [-0.05, 0) is 0 Å². The first-order valence-electron chi connectivity index (χ1n) is 32.4. The van der Waals surface area contributed by atoms with E-state index in [0.29, 0.717) is 0 Å². The van der Waals surface area contributed by atoms with E-state index in [1.54, 1.807) is 0 Å². The maximum atomic E-state index is 7.48. The van der Waals surface area contributed by atoms with Gasteiger partial charge in [0.25, 0.3) is 0 Å². The molecule has 12 aromatic rings. The molecule has 12 aromatic carbocycles. The van der Waals surface area contributed by atoms with E-state index in [1.807, 2.05) is 0 Å². The van der Waals surface area contributed by atoms with Crippen LogP contribution >= 0.6 is 0 Å². The molecule has 9 heterocycles. The van der Waals surface area contributed by atoms with E-state index in [-0.39, 0.29) is 10.8 Å². The Labute approximate surface area is 548 Å². The number of para-hydroxylation sites is 4. The number of fused-ring (bicyclic) bond motifs is 14.